The van der Waals surface area contributed by atoms with E-state index in [9.17, 15) is 9.18 Å². The highest BCUT2D eigenvalue weighted by atomic mass is 79.9. The molecule has 0 aliphatic carbocycles. The highest BCUT2D eigenvalue weighted by molar-refractivity contribution is 9.10. The molecule has 1 unspecified atom stereocenters. The van der Waals surface area contributed by atoms with E-state index >= 15 is 0 Å². The van der Waals surface area contributed by atoms with Crippen molar-refractivity contribution >= 4 is 21.8 Å². The summed E-state index contributed by atoms with van der Waals surface area (Å²) in [7, 11) is 0. The molecule has 1 atom stereocenters. The highest BCUT2D eigenvalue weighted by Gasteiger charge is 2.28. The summed E-state index contributed by atoms with van der Waals surface area (Å²) in [6.45, 7) is 2.80. The molecule has 4 rings (SSSR count). The molecule has 1 aliphatic heterocycles. The maximum Gasteiger partial charge on any atom is 0.224 e. The van der Waals surface area contributed by atoms with Crippen molar-refractivity contribution in [3.05, 3.63) is 94.2 Å². The third-order valence-electron chi connectivity index (χ3n) is 5.96. The van der Waals surface area contributed by atoms with Gasteiger partial charge in [-0.1, -0.05) is 40.2 Å². The van der Waals surface area contributed by atoms with Crippen molar-refractivity contribution in [2.75, 3.05) is 19.6 Å². The fourth-order valence-electron chi connectivity index (χ4n) is 4.06. The first-order valence-electron chi connectivity index (χ1n) is 10.9. The third-order valence-corrected chi connectivity index (χ3v) is 6.49. The fourth-order valence-corrected chi connectivity index (χ4v) is 4.32. The van der Waals surface area contributed by atoms with E-state index in [1.165, 1.54) is 17.7 Å². The monoisotopic (exact) mass is 496 g/mol. The number of carbonyl (C=O) groups excluding carboxylic acids is 1. The lowest BCUT2D eigenvalue weighted by molar-refractivity contribution is -0.127. The zero-order valence-corrected chi connectivity index (χ0v) is 19.3. The molecule has 1 N–H and O–H groups in total. The summed E-state index contributed by atoms with van der Waals surface area (Å²) in [6.07, 6.45) is 7.48. The number of aromatic nitrogens is 2. The smallest absolute Gasteiger partial charge is 0.224 e. The summed E-state index contributed by atoms with van der Waals surface area (Å²) in [6, 6.07) is 14.1. The van der Waals surface area contributed by atoms with Gasteiger partial charge in [0.05, 0.1) is 17.9 Å². The average Bonchev–Trinajstić information content (AvgIpc) is 2.83. The molecule has 2 aromatic carbocycles. The van der Waals surface area contributed by atoms with Gasteiger partial charge in [0, 0.05) is 29.3 Å². The predicted molar refractivity (Wildman–Crippen MR) is 125 cm³/mol. The maximum absolute atomic E-state index is 13.4. The molecule has 3 aromatic rings. The Balaban J connectivity index is 1.34. The molecular weight excluding hydrogens is 471 g/mol. The van der Waals surface area contributed by atoms with Crippen LogP contribution in [-0.4, -0.2) is 40.4 Å². The van der Waals surface area contributed by atoms with E-state index in [1.807, 2.05) is 0 Å². The molecule has 5 nitrogen and oxygen atoms in total. The minimum absolute atomic E-state index is 0.0116. The molecule has 1 fully saturated rings. The summed E-state index contributed by atoms with van der Waals surface area (Å²) >= 11 is 3.47. The van der Waals surface area contributed by atoms with Crippen molar-refractivity contribution in [3.8, 4) is 0 Å². The summed E-state index contributed by atoms with van der Waals surface area (Å²) < 4.78 is 14.5. The minimum atomic E-state index is -0.452. The number of nitrogens with one attached hydrogen (secondary N) is 1. The van der Waals surface area contributed by atoms with Crippen molar-refractivity contribution in [2.45, 2.75) is 25.3 Å². The molecule has 166 valence electrons. The van der Waals surface area contributed by atoms with Crippen LogP contribution in [0.4, 0.5) is 4.39 Å². The zero-order valence-electron chi connectivity index (χ0n) is 17.8. The number of piperidine rings is 1. The van der Waals surface area contributed by atoms with Crippen LogP contribution in [0.2, 0.25) is 0 Å². The van der Waals surface area contributed by atoms with Crippen LogP contribution in [0.25, 0.3) is 0 Å². The standard InChI is InChI=1S/C25H26BrFN4O/c26-21-5-1-18(2-6-21)9-14-31-15-10-20(11-16-31)25(32)30-24(23-17-28-12-13-29-23)19-3-7-22(27)8-4-19/h1-8,12-13,17,20,24H,9-11,14-16H2,(H,30,32). The minimum Gasteiger partial charge on any atom is -0.343 e. The molecule has 1 amide bonds. The third kappa shape index (κ3) is 5.99. The summed E-state index contributed by atoms with van der Waals surface area (Å²) in [5.41, 5.74) is 2.74. The second-order valence-corrected chi connectivity index (χ2v) is 9.03. The Morgan fingerprint density at radius 2 is 1.81 bits per heavy atom. The van der Waals surface area contributed by atoms with Crippen LogP contribution in [0, 0.1) is 11.7 Å². The predicted octanol–water partition coefficient (Wildman–Crippen LogP) is 4.54. The Kier molecular flexibility index (Phi) is 7.60. The van der Waals surface area contributed by atoms with Gasteiger partial charge in [-0.25, -0.2) is 4.39 Å². The topological polar surface area (TPSA) is 58.1 Å². The molecule has 0 bridgehead atoms. The first-order valence-corrected chi connectivity index (χ1v) is 11.7. The van der Waals surface area contributed by atoms with Gasteiger partial charge < -0.3 is 10.2 Å². The lowest BCUT2D eigenvalue weighted by Gasteiger charge is -2.32. The fraction of sp³-hybridized carbons (Fsp3) is 0.320. The van der Waals surface area contributed by atoms with E-state index in [4.69, 9.17) is 0 Å². The number of likely N-dealkylation sites (tertiary alicyclic amines) is 1. The van der Waals surface area contributed by atoms with Crippen LogP contribution in [0.15, 0.2) is 71.6 Å². The van der Waals surface area contributed by atoms with Gasteiger partial charge in [0.25, 0.3) is 0 Å². The molecule has 1 aromatic heterocycles. The van der Waals surface area contributed by atoms with E-state index < -0.39 is 6.04 Å². The van der Waals surface area contributed by atoms with Crippen LogP contribution in [-0.2, 0) is 11.2 Å². The van der Waals surface area contributed by atoms with Crippen molar-refractivity contribution < 1.29 is 9.18 Å². The quantitative estimate of drug-likeness (QED) is 0.521. The van der Waals surface area contributed by atoms with Crippen LogP contribution in [0.5, 0.6) is 0 Å². The maximum atomic E-state index is 13.4. The molecule has 0 saturated carbocycles. The number of halogens is 2. The van der Waals surface area contributed by atoms with E-state index in [2.05, 4.69) is 60.4 Å². The van der Waals surface area contributed by atoms with Gasteiger partial charge in [0.15, 0.2) is 0 Å². The number of hydrogen-bond acceptors (Lipinski definition) is 4. The number of rotatable bonds is 7. The largest absolute Gasteiger partial charge is 0.343 e. The first-order chi connectivity index (χ1) is 15.6. The van der Waals surface area contributed by atoms with Crippen molar-refractivity contribution in [1.29, 1.82) is 0 Å². The lowest BCUT2D eigenvalue weighted by atomic mass is 9.94. The van der Waals surface area contributed by atoms with Crippen LogP contribution >= 0.6 is 15.9 Å². The number of carbonyl (C=O) groups is 1. The van der Waals surface area contributed by atoms with Crippen LogP contribution in [0.3, 0.4) is 0 Å². The molecule has 0 radical (unpaired) electrons. The second kappa shape index (κ2) is 10.8. The molecule has 1 saturated heterocycles. The Labute approximate surface area is 196 Å². The number of hydrogen-bond donors (Lipinski definition) is 1. The lowest BCUT2D eigenvalue weighted by Crippen LogP contribution is -2.42. The number of amides is 1. The summed E-state index contributed by atoms with van der Waals surface area (Å²) in [5.74, 6) is -0.343. The van der Waals surface area contributed by atoms with Crippen LogP contribution in [0.1, 0.15) is 35.7 Å². The second-order valence-electron chi connectivity index (χ2n) is 8.12. The van der Waals surface area contributed by atoms with E-state index in [-0.39, 0.29) is 17.6 Å². The van der Waals surface area contributed by atoms with Gasteiger partial charge in [-0.3, -0.25) is 14.8 Å². The van der Waals surface area contributed by atoms with Gasteiger partial charge in [0.2, 0.25) is 5.91 Å². The van der Waals surface area contributed by atoms with Gasteiger partial charge in [0.1, 0.15) is 5.82 Å². The summed E-state index contributed by atoms with van der Waals surface area (Å²) in [5, 5.41) is 3.13. The normalized spacial score (nSPS) is 15.9. The Morgan fingerprint density at radius 1 is 1.09 bits per heavy atom. The van der Waals surface area contributed by atoms with Gasteiger partial charge in [-0.15, -0.1) is 0 Å². The van der Waals surface area contributed by atoms with Crippen molar-refractivity contribution in [2.24, 2.45) is 5.92 Å². The average molecular weight is 497 g/mol. The number of benzene rings is 2. The van der Waals surface area contributed by atoms with Gasteiger partial charge in [-0.2, -0.15) is 0 Å². The number of nitrogens with zero attached hydrogens (tertiary/aromatic N) is 3. The van der Waals surface area contributed by atoms with Crippen molar-refractivity contribution in [1.82, 2.24) is 20.2 Å². The van der Waals surface area contributed by atoms with Gasteiger partial charge in [-0.05, 0) is 67.7 Å². The Bertz CT molecular complexity index is 1010. The zero-order chi connectivity index (χ0) is 22.3. The SMILES string of the molecule is O=C(NC(c1ccc(F)cc1)c1cnccn1)C1CCN(CCc2ccc(Br)cc2)CC1. The highest BCUT2D eigenvalue weighted by Crippen LogP contribution is 2.24. The molecule has 7 heteroatoms. The molecule has 2 heterocycles. The molecular formula is C25H26BrFN4O. The Hall–Kier alpha value is -2.64. The molecule has 32 heavy (non-hydrogen) atoms. The van der Waals surface area contributed by atoms with E-state index in [1.54, 1.807) is 30.7 Å². The molecule has 1 aliphatic rings. The summed E-state index contributed by atoms with van der Waals surface area (Å²) in [4.78, 5) is 24.0. The molecule has 0 spiro atoms. The van der Waals surface area contributed by atoms with E-state index in [0.717, 1.165) is 48.9 Å². The first kappa shape index (κ1) is 22.6. The van der Waals surface area contributed by atoms with E-state index in [0.29, 0.717) is 5.69 Å². The Morgan fingerprint density at radius 3 is 2.47 bits per heavy atom. The van der Waals surface area contributed by atoms with Crippen LogP contribution < -0.4 is 5.32 Å². The van der Waals surface area contributed by atoms with Gasteiger partial charge >= 0.3 is 0 Å². The van der Waals surface area contributed by atoms with Crippen molar-refractivity contribution in [3.63, 3.8) is 0 Å².